The van der Waals surface area contributed by atoms with Crippen LogP contribution in [0.5, 0.6) is 0 Å². The number of halogens is 2. The molecule has 2 aromatic rings. The third-order valence-electron chi connectivity index (χ3n) is 3.23. The third-order valence-corrected chi connectivity index (χ3v) is 5.11. The molecule has 1 aliphatic rings. The fourth-order valence-corrected chi connectivity index (χ4v) is 2.84. The van der Waals surface area contributed by atoms with Crippen LogP contribution in [-0.4, -0.2) is 9.55 Å². The van der Waals surface area contributed by atoms with Crippen molar-refractivity contribution in [2.24, 2.45) is 0 Å². The molecule has 1 aliphatic carbocycles. The zero-order valence-corrected chi connectivity index (χ0v) is 13.1. The van der Waals surface area contributed by atoms with Crippen molar-refractivity contribution in [3.05, 3.63) is 33.0 Å². The van der Waals surface area contributed by atoms with Gasteiger partial charge in [-0.3, -0.25) is 0 Å². The van der Waals surface area contributed by atoms with E-state index in [0.717, 1.165) is 31.8 Å². The number of nitrogen functional groups attached to an aromatic ring is 1. The lowest BCUT2D eigenvalue weighted by molar-refractivity contribution is 0.720. The first kappa shape index (κ1) is 12.2. The third kappa shape index (κ3) is 1.99. The summed E-state index contributed by atoms with van der Waals surface area (Å²) in [6, 6.07) is 6.64. The van der Waals surface area contributed by atoms with Crippen molar-refractivity contribution >= 4 is 37.7 Å². The second-order valence-corrected chi connectivity index (χ2v) is 6.33. The number of nitrogens with two attached hydrogens (primary N) is 1. The van der Waals surface area contributed by atoms with Crippen LogP contribution >= 0.6 is 31.9 Å². The van der Waals surface area contributed by atoms with Gasteiger partial charge in [0, 0.05) is 20.6 Å². The predicted molar refractivity (Wildman–Crippen MR) is 80.5 cm³/mol. The molecule has 0 radical (unpaired) electrons. The zero-order valence-electron chi connectivity index (χ0n) is 9.95. The summed E-state index contributed by atoms with van der Waals surface area (Å²) in [5.74, 6) is 1.79. The van der Waals surface area contributed by atoms with E-state index in [2.05, 4.69) is 41.4 Å². The number of imidazole rings is 1. The van der Waals surface area contributed by atoms with Crippen molar-refractivity contribution in [1.82, 2.24) is 9.55 Å². The molecule has 3 rings (SSSR count). The van der Waals surface area contributed by atoms with Crippen LogP contribution in [0.1, 0.15) is 24.7 Å². The van der Waals surface area contributed by atoms with Crippen LogP contribution in [0.15, 0.2) is 27.1 Å². The molecular weight excluding hydrogens is 358 g/mol. The van der Waals surface area contributed by atoms with Crippen LogP contribution in [0.4, 0.5) is 5.82 Å². The first-order chi connectivity index (χ1) is 8.58. The molecule has 0 unspecified atom stereocenters. The molecule has 0 atom stereocenters. The van der Waals surface area contributed by atoms with Gasteiger partial charge in [-0.1, -0.05) is 6.07 Å². The minimum atomic E-state index is 0.560. The van der Waals surface area contributed by atoms with Crippen molar-refractivity contribution in [1.29, 1.82) is 0 Å². The number of hydrogen-bond acceptors (Lipinski definition) is 2. The van der Waals surface area contributed by atoms with Crippen LogP contribution in [-0.2, 0) is 0 Å². The summed E-state index contributed by atoms with van der Waals surface area (Å²) >= 11 is 6.98. The van der Waals surface area contributed by atoms with Crippen molar-refractivity contribution in [2.75, 3.05) is 5.73 Å². The van der Waals surface area contributed by atoms with Crippen LogP contribution in [0.2, 0.25) is 0 Å². The van der Waals surface area contributed by atoms with E-state index in [9.17, 15) is 0 Å². The molecular formula is C13H13Br2N3. The minimum Gasteiger partial charge on any atom is -0.383 e. The molecule has 5 heteroatoms. The van der Waals surface area contributed by atoms with Gasteiger partial charge in [-0.15, -0.1) is 0 Å². The second-order valence-electron chi connectivity index (χ2n) is 4.62. The highest BCUT2D eigenvalue weighted by Gasteiger charge is 2.28. The van der Waals surface area contributed by atoms with Gasteiger partial charge in [0.05, 0.1) is 0 Å². The number of rotatable bonds is 2. The molecule has 1 aromatic heterocycles. The number of hydrogen-bond donors (Lipinski definition) is 1. The molecule has 1 aromatic carbocycles. The Morgan fingerprint density at radius 1 is 1.28 bits per heavy atom. The molecule has 94 valence electrons. The molecule has 0 saturated heterocycles. The topological polar surface area (TPSA) is 43.8 Å². The molecule has 0 bridgehead atoms. The average Bonchev–Trinajstić information content (AvgIpc) is 3.10. The molecule has 1 fully saturated rings. The standard InChI is InChI=1S/C13H13Br2N3/c1-7-17-12(13(16)18(7)9-3-4-9)8-2-5-10(14)11(15)6-8/h2,5-6,9H,3-4,16H2,1H3. The second kappa shape index (κ2) is 4.38. The van der Waals surface area contributed by atoms with E-state index >= 15 is 0 Å². The highest BCUT2D eigenvalue weighted by Crippen LogP contribution is 2.41. The van der Waals surface area contributed by atoms with Crippen LogP contribution in [0.3, 0.4) is 0 Å². The van der Waals surface area contributed by atoms with Crippen molar-refractivity contribution in [2.45, 2.75) is 25.8 Å². The first-order valence-corrected chi connectivity index (χ1v) is 7.46. The fourth-order valence-electron chi connectivity index (χ4n) is 2.21. The summed E-state index contributed by atoms with van der Waals surface area (Å²) in [5.41, 5.74) is 8.17. The van der Waals surface area contributed by atoms with E-state index in [-0.39, 0.29) is 0 Å². The maximum atomic E-state index is 6.24. The normalized spacial score (nSPS) is 15.1. The Kier molecular flexibility index (Phi) is 2.98. The van der Waals surface area contributed by atoms with Crippen LogP contribution in [0, 0.1) is 6.92 Å². The fraction of sp³-hybridized carbons (Fsp3) is 0.308. The van der Waals surface area contributed by atoms with Gasteiger partial charge in [0.15, 0.2) is 0 Å². The Bertz CT molecular complexity index is 615. The summed E-state index contributed by atoms with van der Waals surface area (Å²) < 4.78 is 4.20. The Hall–Kier alpha value is -0.810. The largest absolute Gasteiger partial charge is 0.383 e. The molecule has 0 spiro atoms. The molecule has 3 nitrogen and oxygen atoms in total. The van der Waals surface area contributed by atoms with Crippen molar-refractivity contribution in [3.8, 4) is 11.3 Å². The van der Waals surface area contributed by atoms with E-state index in [1.165, 1.54) is 12.8 Å². The van der Waals surface area contributed by atoms with Crippen molar-refractivity contribution in [3.63, 3.8) is 0 Å². The number of anilines is 1. The van der Waals surface area contributed by atoms with Gasteiger partial charge in [0.25, 0.3) is 0 Å². The number of benzene rings is 1. The highest BCUT2D eigenvalue weighted by molar-refractivity contribution is 9.13. The average molecular weight is 371 g/mol. The lowest BCUT2D eigenvalue weighted by atomic mass is 10.1. The molecule has 0 aliphatic heterocycles. The highest BCUT2D eigenvalue weighted by atomic mass is 79.9. The minimum absolute atomic E-state index is 0.560. The molecule has 0 amide bonds. The van der Waals surface area contributed by atoms with Gasteiger partial charge in [-0.2, -0.15) is 0 Å². The quantitative estimate of drug-likeness (QED) is 0.856. The van der Waals surface area contributed by atoms with Crippen LogP contribution in [0.25, 0.3) is 11.3 Å². The summed E-state index contributed by atoms with van der Waals surface area (Å²) in [5, 5.41) is 0. The maximum absolute atomic E-state index is 6.24. The summed E-state index contributed by atoms with van der Waals surface area (Å²) in [7, 11) is 0. The number of aromatic nitrogens is 2. The smallest absolute Gasteiger partial charge is 0.131 e. The van der Waals surface area contributed by atoms with Gasteiger partial charge in [-0.25, -0.2) is 4.98 Å². The summed E-state index contributed by atoms with van der Waals surface area (Å²) in [6.07, 6.45) is 2.43. The Balaban J connectivity index is 2.11. The number of aryl methyl sites for hydroxylation is 1. The van der Waals surface area contributed by atoms with E-state index in [4.69, 9.17) is 5.73 Å². The summed E-state index contributed by atoms with van der Waals surface area (Å²) in [4.78, 5) is 4.61. The van der Waals surface area contributed by atoms with Gasteiger partial charge in [0.1, 0.15) is 17.3 Å². The van der Waals surface area contributed by atoms with Gasteiger partial charge in [-0.05, 0) is 63.8 Å². The SMILES string of the molecule is Cc1nc(-c2ccc(Br)c(Br)c2)c(N)n1C1CC1. The van der Waals surface area contributed by atoms with E-state index in [0.29, 0.717) is 6.04 Å². The molecule has 1 heterocycles. The zero-order chi connectivity index (χ0) is 12.9. The number of nitrogens with zero attached hydrogens (tertiary/aromatic N) is 2. The Morgan fingerprint density at radius 2 is 2.00 bits per heavy atom. The van der Waals surface area contributed by atoms with Crippen LogP contribution < -0.4 is 5.73 Å². The summed E-state index contributed by atoms with van der Waals surface area (Å²) in [6.45, 7) is 2.02. The van der Waals surface area contributed by atoms with E-state index < -0.39 is 0 Å². The lowest BCUT2D eigenvalue weighted by Gasteiger charge is -2.05. The van der Waals surface area contributed by atoms with E-state index in [1.54, 1.807) is 0 Å². The molecule has 1 saturated carbocycles. The molecule has 18 heavy (non-hydrogen) atoms. The maximum Gasteiger partial charge on any atom is 0.131 e. The van der Waals surface area contributed by atoms with Gasteiger partial charge < -0.3 is 10.3 Å². The van der Waals surface area contributed by atoms with Gasteiger partial charge >= 0.3 is 0 Å². The monoisotopic (exact) mass is 369 g/mol. The first-order valence-electron chi connectivity index (χ1n) is 5.87. The lowest BCUT2D eigenvalue weighted by Crippen LogP contribution is -2.02. The van der Waals surface area contributed by atoms with E-state index in [1.807, 2.05) is 25.1 Å². The Morgan fingerprint density at radius 3 is 2.61 bits per heavy atom. The Labute approximate surface area is 123 Å². The predicted octanol–water partition coefficient (Wildman–Crippen LogP) is 4.30. The molecule has 2 N–H and O–H groups in total. The van der Waals surface area contributed by atoms with Crippen molar-refractivity contribution < 1.29 is 0 Å². The van der Waals surface area contributed by atoms with Gasteiger partial charge in [0.2, 0.25) is 0 Å².